The molecule has 1 atom stereocenters. The van der Waals surface area contributed by atoms with Crippen LogP contribution >= 0.6 is 0 Å². The minimum atomic E-state index is 0.233. The first kappa shape index (κ1) is 11.8. The Kier molecular flexibility index (Phi) is 3.88. The second-order valence-corrected chi connectivity index (χ2v) is 4.19. The molecule has 17 heavy (non-hydrogen) atoms. The number of benzene rings is 1. The van der Waals surface area contributed by atoms with Gasteiger partial charge in [-0.15, -0.1) is 0 Å². The van der Waals surface area contributed by atoms with Crippen LogP contribution in [0.2, 0.25) is 0 Å². The highest BCUT2D eigenvalue weighted by Gasteiger charge is 2.13. The minimum absolute atomic E-state index is 0.233. The Hall–Kier alpha value is -1.68. The van der Waals surface area contributed by atoms with Gasteiger partial charge in [-0.2, -0.15) is 4.98 Å². The normalized spacial score (nSPS) is 12.6. The van der Waals surface area contributed by atoms with Crippen LogP contribution in [0.4, 0.5) is 0 Å². The largest absolute Gasteiger partial charge is 0.339 e. The van der Waals surface area contributed by atoms with Crippen LogP contribution in [0.15, 0.2) is 34.9 Å². The monoisotopic (exact) mass is 231 g/mol. The van der Waals surface area contributed by atoms with Gasteiger partial charge in [-0.1, -0.05) is 42.4 Å². The first-order chi connectivity index (χ1) is 8.29. The zero-order chi connectivity index (χ0) is 12.1. The molecular formula is C13H17N3O. The highest BCUT2D eigenvalue weighted by Crippen LogP contribution is 2.16. The summed E-state index contributed by atoms with van der Waals surface area (Å²) < 4.78 is 5.23. The molecule has 1 aromatic heterocycles. The Labute approximate surface area is 101 Å². The summed E-state index contributed by atoms with van der Waals surface area (Å²) in [6.45, 7) is 2.68. The summed E-state index contributed by atoms with van der Waals surface area (Å²) in [5, 5.41) is 3.99. The van der Waals surface area contributed by atoms with Crippen molar-refractivity contribution in [3.8, 4) is 0 Å². The molecule has 0 aliphatic heterocycles. The molecule has 4 nitrogen and oxygen atoms in total. The van der Waals surface area contributed by atoms with Crippen molar-refractivity contribution in [2.45, 2.75) is 25.7 Å². The average Bonchev–Trinajstić information content (AvgIpc) is 2.79. The molecule has 0 aliphatic rings. The van der Waals surface area contributed by atoms with E-state index in [-0.39, 0.29) is 5.92 Å². The molecule has 0 saturated carbocycles. The van der Waals surface area contributed by atoms with E-state index in [1.54, 1.807) is 0 Å². The molecule has 0 fully saturated rings. The summed E-state index contributed by atoms with van der Waals surface area (Å²) in [7, 11) is 0. The molecule has 2 rings (SSSR count). The van der Waals surface area contributed by atoms with E-state index in [4.69, 9.17) is 10.3 Å². The van der Waals surface area contributed by atoms with Gasteiger partial charge in [0.15, 0.2) is 5.82 Å². The van der Waals surface area contributed by atoms with E-state index in [2.05, 4.69) is 22.3 Å². The molecule has 0 saturated heterocycles. The number of nitrogens with zero attached hydrogens (tertiary/aromatic N) is 2. The van der Waals surface area contributed by atoms with Gasteiger partial charge in [0, 0.05) is 12.3 Å². The lowest BCUT2D eigenvalue weighted by Gasteiger charge is -2.01. The molecule has 4 heteroatoms. The van der Waals surface area contributed by atoms with Crippen LogP contribution in [0.1, 0.15) is 36.5 Å². The lowest BCUT2D eigenvalue weighted by atomic mass is 10.1. The second-order valence-electron chi connectivity index (χ2n) is 4.19. The van der Waals surface area contributed by atoms with Gasteiger partial charge in [0.1, 0.15) is 0 Å². The lowest BCUT2D eigenvalue weighted by Crippen LogP contribution is -2.04. The van der Waals surface area contributed by atoms with Crippen molar-refractivity contribution < 1.29 is 4.52 Å². The molecule has 1 aromatic carbocycles. The maximum absolute atomic E-state index is 5.51. The fourth-order valence-corrected chi connectivity index (χ4v) is 1.69. The predicted molar refractivity (Wildman–Crippen MR) is 65.6 cm³/mol. The first-order valence-corrected chi connectivity index (χ1v) is 5.86. The number of hydrogen-bond donors (Lipinski definition) is 1. The summed E-state index contributed by atoms with van der Waals surface area (Å²) in [4.78, 5) is 4.39. The minimum Gasteiger partial charge on any atom is -0.339 e. The first-order valence-electron chi connectivity index (χ1n) is 5.86. The third kappa shape index (κ3) is 3.14. The molecule has 0 spiro atoms. The van der Waals surface area contributed by atoms with Gasteiger partial charge in [0.2, 0.25) is 5.89 Å². The van der Waals surface area contributed by atoms with Crippen LogP contribution in [0.5, 0.6) is 0 Å². The highest BCUT2D eigenvalue weighted by atomic mass is 16.5. The zero-order valence-electron chi connectivity index (χ0n) is 9.97. The fraction of sp³-hybridized carbons (Fsp3) is 0.385. The fourth-order valence-electron chi connectivity index (χ4n) is 1.69. The molecule has 90 valence electrons. The Bertz CT molecular complexity index is 453. The van der Waals surface area contributed by atoms with Crippen LogP contribution in [0, 0.1) is 0 Å². The number of hydrogen-bond acceptors (Lipinski definition) is 4. The van der Waals surface area contributed by atoms with Gasteiger partial charge >= 0.3 is 0 Å². The number of rotatable bonds is 5. The lowest BCUT2D eigenvalue weighted by molar-refractivity contribution is 0.351. The predicted octanol–water partition coefficient (Wildman–Crippen LogP) is 2.11. The highest BCUT2D eigenvalue weighted by molar-refractivity contribution is 5.18. The van der Waals surface area contributed by atoms with Crippen LogP contribution in [0.25, 0.3) is 0 Å². The van der Waals surface area contributed by atoms with E-state index in [9.17, 15) is 0 Å². The second kappa shape index (κ2) is 5.59. The van der Waals surface area contributed by atoms with E-state index >= 15 is 0 Å². The van der Waals surface area contributed by atoms with Crippen molar-refractivity contribution in [2.24, 2.45) is 5.73 Å². The maximum Gasteiger partial charge on any atom is 0.229 e. The smallest absolute Gasteiger partial charge is 0.229 e. The van der Waals surface area contributed by atoms with Gasteiger partial charge in [0.25, 0.3) is 0 Å². The molecule has 0 bridgehead atoms. The topological polar surface area (TPSA) is 64.9 Å². The van der Waals surface area contributed by atoms with Crippen molar-refractivity contribution in [1.82, 2.24) is 10.1 Å². The van der Waals surface area contributed by atoms with Crippen molar-refractivity contribution >= 4 is 0 Å². The summed E-state index contributed by atoms with van der Waals surface area (Å²) >= 11 is 0. The van der Waals surface area contributed by atoms with E-state index in [0.717, 1.165) is 12.2 Å². The van der Waals surface area contributed by atoms with Gasteiger partial charge in [-0.05, 0) is 18.5 Å². The van der Waals surface area contributed by atoms with Gasteiger partial charge in [0.05, 0.1) is 0 Å². The molecule has 0 radical (unpaired) electrons. The van der Waals surface area contributed by atoms with E-state index in [1.165, 1.54) is 5.56 Å². The Morgan fingerprint density at radius 3 is 2.76 bits per heavy atom. The average molecular weight is 231 g/mol. The summed E-state index contributed by atoms with van der Waals surface area (Å²) in [5.74, 6) is 1.65. The summed E-state index contributed by atoms with van der Waals surface area (Å²) in [5.41, 5.74) is 6.69. The van der Waals surface area contributed by atoms with Crippen molar-refractivity contribution in [2.75, 3.05) is 6.54 Å². The third-order valence-electron chi connectivity index (χ3n) is 2.71. The van der Waals surface area contributed by atoms with Crippen LogP contribution < -0.4 is 5.73 Å². The Morgan fingerprint density at radius 1 is 1.29 bits per heavy atom. The van der Waals surface area contributed by atoms with Crippen molar-refractivity contribution in [3.05, 3.63) is 47.6 Å². The maximum atomic E-state index is 5.51. The van der Waals surface area contributed by atoms with Gasteiger partial charge in [-0.25, -0.2) is 0 Å². The SMILES string of the molecule is CC(CCN)c1nc(Cc2ccccc2)no1. The van der Waals surface area contributed by atoms with Crippen LogP contribution in [0.3, 0.4) is 0 Å². The Morgan fingerprint density at radius 2 is 2.06 bits per heavy atom. The summed E-state index contributed by atoms with van der Waals surface area (Å²) in [6.07, 6.45) is 1.58. The molecule has 2 N–H and O–H groups in total. The summed E-state index contributed by atoms with van der Waals surface area (Å²) in [6, 6.07) is 10.1. The molecule has 1 heterocycles. The van der Waals surface area contributed by atoms with Crippen molar-refractivity contribution in [3.63, 3.8) is 0 Å². The van der Waals surface area contributed by atoms with Crippen LogP contribution in [-0.2, 0) is 6.42 Å². The quantitative estimate of drug-likeness (QED) is 0.856. The number of aromatic nitrogens is 2. The molecule has 0 aliphatic carbocycles. The molecule has 2 aromatic rings. The molecular weight excluding hydrogens is 214 g/mol. The standard InChI is InChI=1S/C13H17N3O/c1-10(7-8-14)13-15-12(16-17-13)9-11-5-3-2-4-6-11/h2-6,10H,7-9,14H2,1H3. The van der Waals surface area contributed by atoms with E-state index < -0.39 is 0 Å². The van der Waals surface area contributed by atoms with Gasteiger partial charge < -0.3 is 10.3 Å². The van der Waals surface area contributed by atoms with E-state index in [0.29, 0.717) is 18.9 Å². The zero-order valence-corrected chi connectivity index (χ0v) is 9.97. The Balaban J connectivity index is 2.04. The molecule has 1 unspecified atom stereocenters. The van der Waals surface area contributed by atoms with Crippen LogP contribution in [-0.4, -0.2) is 16.7 Å². The molecule has 0 amide bonds. The van der Waals surface area contributed by atoms with Gasteiger partial charge in [-0.3, -0.25) is 0 Å². The van der Waals surface area contributed by atoms with Crippen molar-refractivity contribution in [1.29, 1.82) is 0 Å². The van der Waals surface area contributed by atoms with E-state index in [1.807, 2.05) is 25.1 Å². The third-order valence-corrected chi connectivity index (χ3v) is 2.71. The number of nitrogens with two attached hydrogens (primary N) is 1.